The van der Waals surface area contributed by atoms with Crippen molar-refractivity contribution in [3.8, 4) is 0 Å². The summed E-state index contributed by atoms with van der Waals surface area (Å²) < 4.78 is 5.32. The number of carbonyl (C=O) groups is 5. The third-order valence-corrected chi connectivity index (χ3v) is 4.49. The van der Waals surface area contributed by atoms with Gasteiger partial charge >= 0.3 is 5.97 Å². The Labute approximate surface area is 193 Å². The van der Waals surface area contributed by atoms with Gasteiger partial charge in [0.25, 0.3) is 0 Å². The highest BCUT2D eigenvalue weighted by atomic mass is 16.5. The quantitative estimate of drug-likeness (QED) is 0.221. The van der Waals surface area contributed by atoms with Gasteiger partial charge in [-0.2, -0.15) is 0 Å². The zero-order valence-electron chi connectivity index (χ0n) is 19.0. The van der Waals surface area contributed by atoms with Crippen LogP contribution in [0.3, 0.4) is 0 Å². The summed E-state index contributed by atoms with van der Waals surface area (Å²) in [6, 6.07) is 7.16. The zero-order chi connectivity index (χ0) is 24.8. The number of ether oxygens (including phenoxy) is 1. The molecular weight excluding hydrogens is 430 g/mol. The SMILES string of the molecule is CC(C)CC(NC(=O)CNC(=O)[C@H](CCC(N)=O)NC(=O)CN)C(=O)OCc1ccccc1. The smallest absolute Gasteiger partial charge is 0.328 e. The van der Waals surface area contributed by atoms with Gasteiger partial charge in [0.15, 0.2) is 0 Å². The summed E-state index contributed by atoms with van der Waals surface area (Å²) in [4.78, 5) is 59.8. The molecule has 0 aliphatic rings. The minimum atomic E-state index is -1.08. The lowest BCUT2D eigenvalue weighted by Gasteiger charge is -2.21. The number of amides is 4. The normalized spacial score (nSPS) is 12.4. The van der Waals surface area contributed by atoms with Gasteiger partial charge in [-0.3, -0.25) is 19.2 Å². The van der Waals surface area contributed by atoms with Crippen molar-refractivity contribution in [2.45, 2.75) is 51.8 Å². The summed E-state index contributed by atoms with van der Waals surface area (Å²) in [5, 5.41) is 7.33. The number of nitrogens with two attached hydrogens (primary N) is 2. The maximum atomic E-state index is 12.5. The highest BCUT2D eigenvalue weighted by Crippen LogP contribution is 2.09. The van der Waals surface area contributed by atoms with E-state index in [0.29, 0.717) is 6.42 Å². The van der Waals surface area contributed by atoms with E-state index in [9.17, 15) is 24.0 Å². The van der Waals surface area contributed by atoms with Gasteiger partial charge in [0.05, 0.1) is 13.1 Å². The molecule has 7 N–H and O–H groups in total. The molecule has 0 radical (unpaired) electrons. The van der Waals surface area contributed by atoms with Crippen LogP contribution in [0, 0.1) is 5.92 Å². The van der Waals surface area contributed by atoms with Crippen LogP contribution in [0.4, 0.5) is 0 Å². The summed E-state index contributed by atoms with van der Waals surface area (Å²) in [6.45, 7) is 3.08. The van der Waals surface area contributed by atoms with E-state index >= 15 is 0 Å². The van der Waals surface area contributed by atoms with Gasteiger partial charge in [-0.05, 0) is 24.3 Å². The zero-order valence-corrected chi connectivity index (χ0v) is 19.0. The second-order valence-corrected chi connectivity index (χ2v) is 7.89. The van der Waals surface area contributed by atoms with E-state index in [-0.39, 0.29) is 31.9 Å². The van der Waals surface area contributed by atoms with Gasteiger partial charge < -0.3 is 32.2 Å². The van der Waals surface area contributed by atoms with E-state index in [0.717, 1.165) is 5.56 Å². The van der Waals surface area contributed by atoms with Crippen LogP contribution in [-0.4, -0.2) is 54.8 Å². The van der Waals surface area contributed by atoms with Crippen molar-refractivity contribution < 1.29 is 28.7 Å². The lowest BCUT2D eigenvalue weighted by molar-refractivity contribution is -0.149. The predicted octanol–water partition coefficient (Wildman–Crippen LogP) is -0.914. The second-order valence-electron chi connectivity index (χ2n) is 7.89. The first-order valence-corrected chi connectivity index (χ1v) is 10.7. The first kappa shape index (κ1) is 27.6. The number of esters is 1. The molecule has 0 aliphatic heterocycles. The Morgan fingerprint density at radius 1 is 0.970 bits per heavy atom. The van der Waals surface area contributed by atoms with Crippen LogP contribution < -0.4 is 27.4 Å². The lowest BCUT2D eigenvalue weighted by Crippen LogP contribution is -2.52. The van der Waals surface area contributed by atoms with Crippen LogP contribution in [0.2, 0.25) is 0 Å². The third kappa shape index (κ3) is 11.6. The average Bonchev–Trinajstić information content (AvgIpc) is 2.78. The minimum absolute atomic E-state index is 0.0453. The molecule has 11 heteroatoms. The Morgan fingerprint density at radius 3 is 2.18 bits per heavy atom. The van der Waals surface area contributed by atoms with E-state index in [1.54, 1.807) is 0 Å². The molecule has 33 heavy (non-hydrogen) atoms. The van der Waals surface area contributed by atoms with E-state index in [1.165, 1.54) is 0 Å². The molecule has 11 nitrogen and oxygen atoms in total. The molecule has 182 valence electrons. The lowest BCUT2D eigenvalue weighted by atomic mass is 10.0. The van der Waals surface area contributed by atoms with Crippen LogP contribution in [0.1, 0.15) is 38.7 Å². The largest absolute Gasteiger partial charge is 0.459 e. The van der Waals surface area contributed by atoms with Gasteiger partial charge in [-0.1, -0.05) is 44.2 Å². The molecule has 0 fully saturated rings. The Kier molecular flexibility index (Phi) is 12.2. The molecular formula is C22H33N5O6. The van der Waals surface area contributed by atoms with Crippen LogP contribution in [0.15, 0.2) is 30.3 Å². The van der Waals surface area contributed by atoms with Crippen LogP contribution in [0.25, 0.3) is 0 Å². The predicted molar refractivity (Wildman–Crippen MR) is 120 cm³/mol. The van der Waals surface area contributed by atoms with E-state index < -0.39 is 48.2 Å². The summed E-state index contributed by atoms with van der Waals surface area (Å²) in [6.07, 6.45) is 0.163. The molecule has 1 rings (SSSR count). The number of benzene rings is 1. The number of primary amides is 1. The molecule has 1 unspecified atom stereocenters. The number of hydrogen-bond acceptors (Lipinski definition) is 7. The Balaban J connectivity index is 2.64. The fourth-order valence-corrected chi connectivity index (χ4v) is 2.86. The highest BCUT2D eigenvalue weighted by molar-refractivity contribution is 5.92. The molecule has 0 spiro atoms. The van der Waals surface area contributed by atoms with Crippen molar-refractivity contribution in [2.75, 3.05) is 13.1 Å². The van der Waals surface area contributed by atoms with Crippen molar-refractivity contribution >= 4 is 29.6 Å². The van der Waals surface area contributed by atoms with E-state index in [1.807, 2.05) is 44.2 Å². The number of carbonyl (C=O) groups excluding carboxylic acids is 5. The van der Waals surface area contributed by atoms with Gasteiger partial charge in [0.2, 0.25) is 23.6 Å². The Morgan fingerprint density at radius 2 is 1.61 bits per heavy atom. The summed E-state index contributed by atoms with van der Waals surface area (Å²) >= 11 is 0. The van der Waals surface area contributed by atoms with E-state index in [2.05, 4.69) is 16.0 Å². The molecule has 1 aromatic rings. The van der Waals surface area contributed by atoms with Crippen molar-refractivity contribution in [1.82, 2.24) is 16.0 Å². The molecule has 0 heterocycles. The molecule has 0 saturated carbocycles. The first-order valence-electron chi connectivity index (χ1n) is 10.7. The van der Waals surface area contributed by atoms with Crippen LogP contribution in [-0.2, 0) is 35.3 Å². The molecule has 4 amide bonds. The highest BCUT2D eigenvalue weighted by Gasteiger charge is 2.25. The fraction of sp³-hybridized carbons (Fsp3) is 0.500. The molecule has 0 aromatic heterocycles. The van der Waals surface area contributed by atoms with Gasteiger partial charge in [-0.25, -0.2) is 4.79 Å². The van der Waals surface area contributed by atoms with Gasteiger partial charge in [-0.15, -0.1) is 0 Å². The maximum absolute atomic E-state index is 12.5. The first-order chi connectivity index (χ1) is 15.6. The third-order valence-electron chi connectivity index (χ3n) is 4.49. The second kappa shape index (κ2) is 14.6. The van der Waals surface area contributed by atoms with Crippen LogP contribution >= 0.6 is 0 Å². The average molecular weight is 464 g/mol. The summed E-state index contributed by atoms with van der Waals surface area (Å²) in [7, 11) is 0. The number of hydrogen-bond donors (Lipinski definition) is 5. The van der Waals surface area contributed by atoms with Gasteiger partial charge in [0, 0.05) is 6.42 Å². The standard InChI is InChI=1S/C22H33N5O6/c1-14(2)10-17(22(32)33-13-15-6-4-3-5-7-15)27-20(30)12-25-21(31)16(8-9-18(24)28)26-19(29)11-23/h3-7,14,16-17H,8-13,23H2,1-2H3,(H2,24,28)(H,25,31)(H,26,29)(H,27,30)/t16-,17?/m0/s1. The van der Waals surface area contributed by atoms with Crippen molar-refractivity contribution in [3.05, 3.63) is 35.9 Å². The van der Waals surface area contributed by atoms with E-state index in [4.69, 9.17) is 16.2 Å². The Bertz CT molecular complexity index is 815. The molecule has 0 saturated heterocycles. The molecule has 2 atom stereocenters. The molecule has 1 aromatic carbocycles. The molecule has 0 aliphatic carbocycles. The molecule has 0 bridgehead atoms. The summed E-state index contributed by atoms with van der Waals surface area (Å²) in [5.74, 6) is -3.01. The topological polar surface area (TPSA) is 183 Å². The fourth-order valence-electron chi connectivity index (χ4n) is 2.86. The number of nitrogens with one attached hydrogen (secondary N) is 3. The maximum Gasteiger partial charge on any atom is 0.328 e. The van der Waals surface area contributed by atoms with Gasteiger partial charge in [0.1, 0.15) is 18.7 Å². The number of rotatable bonds is 14. The van der Waals surface area contributed by atoms with Crippen LogP contribution in [0.5, 0.6) is 0 Å². The van der Waals surface area contributed by atoms with Crippen molar-refractivity contribution in [3.63, 3.8) is 0 Å². The Hall–Kier alpha value is -3.47. The minimum Gasteiger partial charge on any atom is -0.459 e. The van der Waals surface area contributed by atoms with Crippen molar-refractivity contribution in [1.29, 1.82) is 0 Å². The van der Waals surface area contributed by atoms with Crippen molar-refractivity contribution in [2.24, 2.45) is 17.4 Å². The summed E-state index contributed by atoms with van der Waals surface area (Å²) in [5.41, 5.74) is 11.1. The monoisotopic (exact) mass is 463 g/mol.